The van der Waals surface area contributed by atoms with Crippen LogP contribution in [0.3, 0.4) is 0 Å². The van der Waals surface area contributed by atoms with Gasteiger partial charge in [0.1, 0.15) is 30.0 Å². The van der Waals surface area contributed by atoms with Crippen LogP contribution in [0.2, 0.25) is 0 Å². The van der Waals surface area contributed by atoms with Gasteiger partial charge in [-0.3, -0.25) is 29.8 Å². The van der Waals surface area contributed by atoms with Crippen molar-refractivity contribution in [1.82, 2.24) is 20.2 Å². The number of carbonyl (C=O) groups excluding carboxylic acids is 2. The van der Waals surface area contributed by atoms with E-state index < -0.39 is 35.1 Å². The Labute approximate surface area is 266 Å². The van der Waals surface area contributed by atoms with Crippen molar-refractivity contribution in [2.24, 2.45) is 0 Å². The number of benzene rings is 2. The summed E-state index contributed by atoms with van der Waals surface area (Å²) in [6.07, 6.45) is 4.96. The first-order valence-electron chi connectivity index (χ1n) is 14.5. The van der Waals surface area contributed by atoms with E-state index in [4.69, 9.17) is 10.1 Å². The predicted molar refractivity (Wildman–Crippen MR) is 174 cm³/mol. The van der Waals surface area contributed by atoms with Gasteiger partial charge in [-0.2, -0.15) is 0 Å². The van der Waals surface area contributed by atoms with Crippen LogP contribution < -0.4 is 21.1 Å². The van der Waals surface area contributed by atoms with Crippen molar-refractivity contribution in [1.29, 1.82) is 5.41 Å². The highest BCUT2D eigenvalue weighted by Crippen LogP contribution is 2.45. The number of aromatic nitrogens is 2. The van der Waals surface area contributed by atoms with Crippen molar-refractivity contribution >= 4 is 29.6 Å². The maximum atomic E-state index is 13.8. The Morgan fingerprint density at radius 3 is 2.33 bits per heavy atom. The highest BCUT2D eigenvalue weighted by Gasteiger charge is 2.47. The molecule has 1 aromatic heterocycles. The van der Waals surface area contributed by atoms with Crippen LogP contribution in [0.4, 0.5) is 15.3 Å². The smallest absolute Gasteiger partial charge is 0.413 e. The average Bonchev–Trinajstić information content (AvgIpc) is 3.37. The van der Waals surface area contributed by atoms with Crippen LogP contribution >= 0.6 is 0 Å². The van der Waals surface area contributed by atoms with Crippen molar-refractivity contribution < 1.29 is 24.2 Å². The molecule has 12 heteroatoms. The topological polar surface area (TPSA) is 167 Å². The third-order valence-electron chi connectivity index (χ3n) is 7.70. The fourth-order valence-corrected chi connectivity index (χ4v) is 5.51. The summed E-state index contributed by atoms with van der Waals surface area (Å²) in [5.41, 5.74) is 0.399. The number of nitrogens with one attached hydrogen (secondary N) is 3. The minimum atomic E-state index is -1.35. The molecular formula is C34H36N6O6. The summed E-state index contributed by atoms with van der Waals surface area (Å²) in [7, 11) is 0. The number of alkyl carbamates (subject to hydrolysis) is 1. The number of fused-ring (bicyclic) bond motifs is 1. The van der Waals surface area contributed by atoms with Crippen molar-refractivity contribution in [2.75, 3.05) is 11.4 Å². The standard InChI is InChI=1S/C34H36N6O6/c1-4-16-34(17-5-2)19-26(40-30(42)27(21-37-31(34)40)39(18-6-3)33(44)45)29(41)36-20-23-12-14-25(15-13-23)28(35)38-32(43)46-22-24-10-8-7-9-11-24/h4-15,21,26H,1-3,16-20,22H2,(H,36,41)(H,44,45)(H2,35,38,43). The number of hydrogen-bond acceptors (Lipinski definition) is 7. The second kappa shape index (κ2) is 14.8. The molecule has 0 aliphatic carbocycles. The number of nitrogens with zero attached hydrogens (tertiary/aromatic N) is 3. The molecule has 1 unspecified atom stereocenters. The molecule has 0 fully saturated rings. The number of hydrogen-bond donors (Lipinski definition) is 4. The van der Waals surface area contributed by atoms with Gasteiger partial charge in [0, 0.05) is 24.1 Å². The zero-order valence-corrected chi connectivity index (χ0v) is 25.3. The Morgan fingerprint density at radius 1 is 1.04 bits per heavy atom. The summed E-state index contributed by atoms with van der Waals surface area (Å²) >= 11 is 0. The van der Waals surface area contributed by atoms with E-state index in [0.717, 1.165) is 10.5 Å². The second-order valence-electron chi connectivity index (χ2n) is 10.8. The molecule has 0 saturated carbocycles. The molecule has 2 heterocycles. The predicted octanol–water partition coefficient (Wildman–Crippen LogP) is 4.82. The van der Waals surface area contributed by atoms with Crippen molar-refractivity contribution in [3.05, 3.63) is 132 Å². The molecule has 2 aromatic carbocycles. The van der Waals surface area contributed by atoms with E-state index in [9.17, 15) is 24.3 Å². The summed E-state index contributed by atoms with van der Waals surface area (Å²) in [4.78, 5) is 56.8. The molecule has 0 saturated heterocycles. The minimum absolute atomic E-state index is 0.0719. The third-order valence-corrected chi connectivity index (χ3v) is 7.70. The summed E-state index contributed by atoms with van der Waals surface area (Å²) < 4.78 is 6.45. The van der Waals surface area contributed by atoms with Gasteiger partial charge < -0.3 is 15.2 Å². The highest BCUT2D eigenvalue weighted by atomic mass is 16.5. The average molecular weight is 625 g/mol. The first-order valence-corrected chi connectivity index (χ1v) is 14.5. The van der Waals surface area contributed by atoms with Gasteiger partial charge in [0.25, 0.3) is 5.56 Å². The fourth-order valence-electron chi connectivity index (χ4n) is 5.51. The number of carbonyl (C=O) groups is 3. The Hall–Kier alpha value is -5.78. The highest BCUT2D eigenvalue weighted by molar-refractivity contribution is 6.04. The van der Waals surface area contributed by atoms with Gasteiger partial charge in [-0.25, -0.2) is 14.6 Å². The zero-order valence-electron chi connectivity index (χ0n) is 25.3. The molecular weight excluding hydrogens is 588 g/mol. The molecule has 0 bridgehead atoms. The van der Waals surface area contributed by atoms with E-state index in [1.165, 1.54) is 16.8 Å². The molecule has 4 rings (SSSR count). The molecule has 4 N–H and O–H groups in total. The largest absolute Gasteiger partial charge is 0.465 e. The van der Waals surface area contributed by atoms with Gasteiger partial charge in [-0.05, 0) is 30.4 Å². The van der Waals surface area contributed by atoms with Gasteiger partial charge in [0.2, 0.25) is 5.91 Å². The molecule has 238 valence electrons. The summed E-state index contributed by atoms with van der Waals surface area (Å²) in [6, 6.07) is 14.9. The first kappa shape index (κ1) is 33.1. The van der Waals surface area contributed by atoms with Gasteiger partial charge in [0.15, 0.2) is 0 Å². The lowest BCUT2D eigenvalue weighted by molar-refractivity contribution is -0.124. The van der Waals surface area contributed by atoms with Crippen molar-refractivity contribution in [3.8, 4) is 0 Å². The van der Waals surface area contributed by atoms with Gasteiger partial charge >= 0.3 is 12.2 Å². The van der Waals surface area contributed by atoms with Crippen LogP contribution in [-0.4, -0.2) is 45.1 Å². The number of amides is 3. The molecule has 46 heavy (non-hydrogen) atoms. The van der Waals surface area contributed by atoms with Crippen molar-refractivity contribution in [2.45, 2.75) is 43.9 Å². The molecule has 12 nitrogen and oxygen atoms in total. The van der Waals surface area contributed by atoms with Crippen LogP contribution in [0.1, 0.15) is 47.8 Å². The van der Waals surface area contributed by atoms with Gasteiger partial charge in [-0.1, -0.05) is 72.8 Å². The van der Waals surface area contributed by atoms with Crippen molar-refractivity contribution in [3.63, 3.8) is 0 Å². The first-order chi connectivity index (χ1) is 22.1. The van der Waals surface area contributed by atoms with Gasteiger partial charge in [0.05, 0.1) is 6.20 Å². The zero-order chi connectivity index (χ0) is 33.3. The van der Waals surface area contributed by atoms with Crippen LogP contribution in [0.5, 0.6) is 0 Å². The molecule has 1 aliphatic rings. The number of ether oxygens (including phenoxy) is 1. The van der Waals surface area contributed by atoms with Crippen LogP contribution in [-0.2, 0) is 28.1 Å². The molecule has 0 spiro atoms. The Kier molecular flexibility index (Phi) is 10.7. The van der Waals surface area contributed by atoms with E-state index in [0.29, 0.717) is 29.8 Å². The second-order valence-corrected chi connectivity index (χ2v) is 10.8. The van der Waals surface area contributed by atoms with E-state index in [1.807, 2.05) is 30.3 Å². The van der Waals surface area contributed by atoms with Crippen LogP contribution in [0, 0.1) is 5.41 Å². The fraction of sp³-hybridized carbons (Fsp3) is 0.235. The maximum absolute atomic E-state index is 13.8. The summed E-state index contributed by atoms with van der Waals surface area (Å²) in [5, 5.41) is 23.2. The van der Waals surface area contributed by atoms with E-state index in [1.54, 1.807) is 36.4 Å². The van der Waals surface area contributed by atoms with E-state index in [2.05, 4.69) is 35.4 Å². The monoisotopic (exact) mass is 624 g/mol. The molecule has 1 aliphatic heterocycles. The Morgan fingerprint density at radius 2 is 1.72 bits per heavy atom. The summed E-state index contributed by atoms with van der Waals surface area (Å²) in [6.45, 7) is 11.3. The van der Waals surface area contributed by atoms with Gasteiger partial charge in [-0.15, -0.1) is 19.7 Å². The number of carboxylic acid groups (broad SMARTS) is 1. The normalized spacial score (nSPS) is 14.3. The van der Waals surface area contributed by atoms with E-state index >= 15 is 0 Å². The molecule has 3 aromatic rings. The quantitative estimate of drug-likeness (QED) is 0.120. The number of allylic oxidation sites excluding steroid dienone is 2. The minimum Gasteiger partial charge on any atom is -0.465 e. The third kappa shape index (κ3) is 7.29. The number of anilines is 1. The molecule has 3 amide bonds. The molecule has 1 atom stereocenters. The maximum Gasteiger partial charge on any atom is 0.413 e. The lowest BCUT2D eigenvalue weighted by atomic mass is 9.77. The van der Waals surface area contributed by atoms with Crippen LogP contribution in [0.25, 0.3) is 0 Å². The molecule has 0 radical (unpaired) electrons. The lowest BCUT2D eigenvalue weighted by Gasteiger charge is -2.26. The SMILES string of the molecule is C=CCN(C(=O)O)c1cnc2n(c1=O)C(C(=O)NCc1ccc(C(=N)NC(=O)OCc3ccccc3)cc1)CC2(CC=C)CC=C. The lowest BCUT2D eigenvalue weighted by Crippen LogP contribution is -2.40. The number of rotatable bonds is 13. The number of amidine groups is 1. The summed E-state index contributed by atoms with van der Waals surface area (Å²) in [5.74, 6) is -0.225. The Balaban J connectivity index is 1.48. The van der Waals surface area contributed by atoms with Crippen LogP contribution in [0.15, 0.2) is 104 Å². The van der Waals surface area contributed by atoms with E-state index in [-0.39, 0.29) is 37.6 Å². The Bertz CT molecular complexity index is 1690.